The molecule has 2 aromatic heterocycles. The molecular weight excluding hydrogens is 389 g/mol. The van der Waals surface area contributed by atoms with E-state index in [1.165, 1.54) is 23.9 Å². The lowest BCUT2D eigenvalue weighted by Crippen LogP contribution is -2.28. The number of halogens is 1. The first kappa shape index (κ1) is 19.1. The van der Waals surface area contributed by atoms with E-state index in [4.69, 9.17) is 4.42 Å². The van der Waals surface area contributed by atoms with E-state index in [1.54, 1.807) is 30.5 Å². The van der Waals surface area contributed by atoms with Crippen molar-refractivity contribution >= 4 is 28.6 Å². The van der Waals surface area contributed by atoms with Crippen molar-refractivity contribution < 1.29 is 13.6 Å². The average molecular weight is 407 g/mol. The molecular formula is C22H18FN3O2S. The number of hydrogen-bond acceptors (Lipinski definition) is 5. The SMILES string of the molecule is CC(NC(=O)CSc1nc(-c2ccco2)nc2ccccc12)c1ccc(F)cc1. The third-order valence-electron chi connectivity index (χ3n) is 4.40. The van der Waals surface area contributed by atoms with Gasteiger partial charge in [0.1, 0.15) is 10.8 Å². The van der Waals surface area contributed by atoms with E-state index in [9.17, 15) is 9.18 Å². The molecule has 1 N–H and O–H groups in total. The topological polar surface area (TPSA) is 68.0 Å². The minimum absolute atomic E-state index is 0.130. The van der Waals surface area contributed by atoms with Gasteiger partial charge in [-0.15, -0.1) is 0 Å². The summed E-state index contributed by atoms with van der Waals surface area (Å²) in [7, 11) is 0. The number of para-hydroxylation sites is 1. The molecule has 2 aromatic carbocycles. The van der Waals surface area contributed by atoms with Gasteiger partial charge in [-0.05, 0) is 42.8 Å². The van der Waals surface area contributed by atoms with E-state index < -0.39 is 0 Å². The predicted molar refractivity (Wildman–Crippen MR) is 111 cm³/mol. The average Bonchev–Trinajstić information content (AvgIpc) is 3.27. The summed E-state index contributed by atoms with van der Waals surface area (Å²) in [5.41, 5.74) is 1.63. The lowest BCUT2D eigenvalue weighted by molar-refractivity contribution is -0.119. The number of furan rings is 1. The Labute approximate surface area is 171 Å². The monoisotopic (exact) mass is 407 g/mol. The second-order valence-electron chi connectivity index (χ2n) is 6.48. The number of amides is 1. The Morgan fingerprint density at radius 1 is 1.10 bits per heavy atom. The molecule has 1 amide bonds. The van der Waals surface area contributed by atoms with Crippen LogP contribution in [0.1, 0.15) is 18.5 Å². The summed E-state index contributed by atoms with van der Waals surface area (Å²) < 4.78 is 18.5. The molecule has 5 nitrogen and oxygen atoms in total. The van der Waals surface area contributed by atoms with Crippen LogP contribution < -0.4 is 5.32 Å². The van der Waals surface area contributed by atoms with Crippen LogP contribution in [0.4, 0.5) is 4.39 Å². The summed E-state index contributed by atoms with van der Waals surface area (Å²) in [4.78, 5) is 21.6. The van der Waals surface area contributed by atoms with E-state index >= 15 is 0 Å². The van der Waals surface area contributed by atoms with Crippen LogP contribution in [0.5, 0.6) is 0 Å². The Kier molecular flexibility index (Phi) is 5.57. The van der Waals surface area contributed by atoms with Gasteiger partial charge < -0.3 is 9.73 Å². The van der Waals surface area contributed by atoms with E-state index in [0.29, 0.717) is 16.6 Å². The van der Waals surface area contributed by atoms with Crippen molar-refractivity contribution in [1.29, 1.82) is 0 Å². The molecule has 0 radical (unpaired) electrons. The molecule has 7 heteroatoms. The first-order valence-corrected chi connectivity index (χ1v) is 10.1. The van der Waals surface area contributed by atoms with Gasteiger partial charge in [-0.2, -0.15) is 0 Å². The number of benzene rings is 2. The van der Waals surface area contributed by atoms with Crippen LogP contribution in [0.15, 0.2) is 76.4 Å². The summed E-state index contributed by atoms with van der Waals surface area (Å²) in [5.74, 6) is 0.826. The number of nitrogens with one attached hydrogen (secondary N) is 1. The zero-order chi connectivity index (χ0) is 20.2. The smallest absolute Gasteiger partial charge is 0.230 e. The zero-order valence-electron chi connectivity index (χ0n) is 15.6. The summed E-state index contributed by atoms with van der Waals surface area (Å²) in [6.07, 6.45) is 1.57. The van der Waals surface area contributed by atoms with E-state index in [2.05, 4.69) is 15.3 Å². The van der Waals surface area contributed by atoms with Gasteiger partial charge in [0.15, 0.2) is 11.6 Å². The molecule has 0 aliphatic heterocycles. The number of thioether (sulfide) groups is 1. The van der Waals surface area contributed by atoms with E-state index in [-0.39, 0.29) is 23.5 Å². The quantitative estimate of drug-likeness (QED) is 0.360. The lowest BCUT2D eigenvalue weighted by Gasteiger charge is -2.14. The highest BCUT2D eigenvalue weighted by molar-refractivity contribution is 8.00. The molecule has 0 bridgehead atoms. The van der Waals surface area contributed by atoms with Crippen LogP contribution in [-0.4, -0.2) is 21.6 Å². The van der Waals surface area contributed by atoms with Crippen LogP contribution >= 0.6 is 11.8 Å². The molecule has 1 unspecified atom stereocenters. The Hall–Kier alpha value is -3.19. The maximum atomic E-state index is 13.1. The van der Waals surface area contributed by atoms with Crippen LogP contribution in [0.3, 0.4) is 0 Å². The largest absolute Gasteiger partial charge is 0.461 e. The second kappa shape index (κ2) is 8.45. The molecule has 0 saturated carbocycles. The Bertz CT molecular complexity index is 1130. The molecule has 146 valence electrons. The number of carbonyl (C=O) groups is 1. The second-order valence-corrected chi connectivity index (χ2v) is 7.44. The van der Waals surface area contributed by atoms with Crippen molar-refractivity contribution in [2.24, 2.45) is 0 Å². The van der Waals surface area contributed by atoms with Gasteiger partial charge in [0.25, 0.3) is 0 Å². The lowest BCUT2D eigenvalue weighted by atomic mass is 10.1. The van der Waals surface area contributed by atoms with Gasteiger partial charge in [-0.1, -0.05) is 42.1 Å². The Balaban J connectivity index is 1.50. The van der Waals surface area contributed by atoms with Gasteiger partial charge in [0, 0.05) is 5.39 Å². The zero-order valence-corrected chi connectivity index (χ0v) is 16.4. The van der Waals surface area contributed by atoms with Crippen molar-refractivity contribution in [3.8, 4) is 11.6 Å². The molecule has 0 saturated heterocycles. The van der Waals surface area contributed by atoms with Crippen molar-refractivity contribution in [2.45, 2.75) is 18.0 Å². The van der Waals surface area contributed by atoms with Gasteiger partial charge in [0.2, 0.25) is 5.91 Å². The van der Waals surface area contributed by atoms with E-state index in [0.717, 1.165) is 16.5 Å². The maximum absolute atomic E-state index is 13.1. The standard InChI is InChI=1S/C22H18FN3O2S/c1-14(15-8-10-16(23)11-9-15)24-20(27)13-29-22-17-5-2-3-6-18(17)25-21(26-22)19-7-4-12-28-19/h2-12,14H,13H2,1H3,(H,24,27). The summed E-state index contributed by atoms with van der Waals surface area (Å²) in [5, 5.41) is 4.53. The third-order valence-corrected chi connectivity index (χ3v) is 5.39. The molecule has 0 aliphatic rings. The normalized spacial score (nSPS) is 12.1. The summed E-state index contributed by atoms with van der Waals surface area (Å²) in [6.45, 7) is 1.87. The van der Waals surface area contributed by atoms with Crippen molar-refractivity contribution in [3.05, 3.63) is 78.3 Å². The highest BCUT2D eigenvalue weighted by Crippen LogP contribution is 2.28. The fourth-order valence-electron chi connectivity index (χ4n) is 2.93. The molecule has 29 heavy (non-hydrogen) atoms. The van der Waals surface area contributed by atoms with Gasteiger partial charge in [-0.3, -0.25) is 4.79 Å². The maximum Gasteiger partial charge on any atom is 0.230 e. The number of hydrogen-bond donors (Lipinski definition) is 1. The fraction of sp³-hybridized carbons (Fsp3) is 0.136. The minimum Gasteiger partial charge on any atom is -0.461 e. The summed E-state index contributed by atoms with van der Waals surface area (Å²) >= 11 is 1.34. The van der Waals surface area contributed by atoms with Crippen LogP contribution in [0.25, 0.3) is 22.5 Å². The Morgan fingerprint density at radius 3 is 2.66 bits per heavy atom. The van der Waals surface area contributed by atoms with Gasteiger partial charge in [0.05, 0.1) is 23.6 Å². The number of carbonyl (C=O) groups excluding carboxylic acids is 1. The number of aromatic nitrogens is 2. The highest BCUT2D eigenvalue weighted by Gasteiger charge is 2.14. The van der Waals surface area contributed by atoms with E-state index in [1.807, 2.05) is 31.2 Å². The third kappa shape index (κ3) is 4.46. The number of nitrogens with zero attached hydrogens (tertiary/aromatic N) is 2. The first-order chi connectivity index (χ1) is 14.1. The molecule has 4 rings (SSSR count). The van der Waals surface area contributed by atoms with Gasteiger partial charge in [-0.25, -0.2) is 14.4 Å². The molecule has 0 aliphatic carbocycles. The first-order valence-electron chi connectivity index (χ1n) is 9.08. The van der Waals surface area contributed by atoms with Crippen LogP contribution in [-0.2, 0) is 4.79 Å². The van der Waals surface area contributed by atoms with Crippen molar-refractivity contribution in [3.63, 3.8) is 0 Å². The molecule has 4 aromatic rings. The molecule has 0 spiro atoms. The molecule has 2 heterocycles. The molecule has 1 atom stereocenters. The molecule has 0 fully saturated rings. The highest BCUT2D eigenvalue weighted by atomic mass is 32.2. The Morgan fingerprint density at radius 2 is 1.90 bits per heavy atom. The number of fused-ring (bicyclic) bond motifs is 1. The summed E-state index contributed by atoms with van der Waals surface area (Å²) in [6, 6.07) is 17.1. The minimum atomic E-state index is -0.300. The van der Waals surface area contributed by atoms with Crippen molar-refractivity contribution in [1.82, 2.24) is 15.3 Å². The van der Waals surface area contributed by atoms with Gasteiger partial charge >= 0.3 is 0 Å². The predicted octanol–water partition coefficient (Wildman–Crippen LogP) is 5.00. The van der Waals surface area contributed by atoms with Crippen molar-refractivity contribution in [2.75, 3.05) is 5.75 Å². The fourth-order valence-corrected chi connectivity index (χ4v) is 3.76. The van der Waals surface area contributed by atoms with Crippen LogP contribution in [0.2, 0.25) is 0 Å². The van der Waals surface area contributed by atoms with Crippen LogP contribution in [0, 0.1) is 5.82 Å². The number of rotatable bonds is 6.